The van der Waals surface area contributed by atoms with Gasteiger partial charge in [-0.1, -0.05) is 29.3 Å². The van der Waals surface area contributed by atoms with Crippen molar-refractivity contribution in [3.8, 4) is 11.3 Å². The van der Waals surface area contributed by atoms with Crippen molar-refractivity contribution in [3.63, 3.8) is 0 Å². The topological polar surface area (TPSA) is 37.8 Å². The Labute approximate surface area is 145 Å². The van der Waals surface area contributed by atoms with Crippen molar-refractivity contribution in [2.75, 3.05) is 5.32 Å². The van der Waals surface area contributed by atoms with Crippen LogP contribution in [0.4, 0.5) is 11.5 Å². The fourth-order valence-electron chi connectivity index (χ4n) is 2.32. The Kier molecular flexibility index (Phi) is 4.51. The molecule has 0 aliphatic rings. The normalized spacial score (nSPS) is 10.6. The maximum atomic E-state index is 6.12. The van der Waals surface area contributed by atoms with Crippen LogP contribution >= 0.6 is 23.2 Å². The lowest BCUT2D eigenvalue weighted by molar-refractivity contribution is 1.06. The minimum atomic E-state index is 0.689. The van der Waals surface area contributed by atoms with Crippen molar-refractivity contribution in [1.82, 2.24) is 9.97 Å². The quantitative estimate of drug-likeness (QED) is 0.651. The summed E-state index contributed by atoms with van der Waals surface area (Å²) in [7, 11) is 0. The van der Waals surface area contributed by atoms with E-state index in [-0.39, 0.29) is 0 Å². The Hall–Kier alpha value is -2.10. The lowest BCUT2D eigenvalue weighted by Crippen LogP contribution is -1.99. The van der Waals surface area contributed by atoms with Crippen LogP contribution in [0, 0.1) is 13.8 Å². The Morgan fingerprint density at radius 1 is 0.826 bits per heavy atom. The van der Waals surface area contributed by atoms with Crippen LogP contribution in [0.1, 0.15) is 11.4 Å². The van der Waals surface area contributed by atoms with Crippen molar-refractivity contribution >= 4 is 34.7 Å². The van der Waals surface area contributed by atoms with Crippen LogP contribution in [0.25, 0.3) is 11.3 Å². The van der Waals surface area contributed by atoms with E-state index in [0.717, 1.165) is 28.3 Å². The molecule has 0 atom stereocenters. The number of halogens is 2. The molecule has 0 bridgehead atoms. The maximum Gasteiger partial charge on any atom is 0.134 e. The van der Waals surface area contributed by atoms with Crippen LogP contribution in [0.3, 0.4) is 0 Å². The highest BCUT2D eigenvalue weighted by Crippen LogP contribution is 2.27. The zero-order valence-electron chi connectivity index (χ0n) is 12.8. The zero-order valence-corrected chi connectivity index (χ0v) is 14.3. The third-order valence-electron chi connectivity index (χ3n) is 3.43. The molecule has 0 amide bonds. The molecule has 0 saturated carbocycles. The van der Waals surface area contributed by atoms with Gasteiger partial charge in [-0.2, -0.15) is 0 Å². The first-order chi connectivity index (χ1) is 11.0. The van der Waals surface area contributed by atoms with E-state index in [9.17, 15) is 0 Å². The molecule has 0 radical (unpaired) electrons. The second-order valence-corrected chi connectivity index (χ2v) is 6.15. The molecule has 1 heterocycles. The molecule has 1 aromatic heterocycles. The van der Waals surface area contributed by atoms with Crippen LogP contribution in [0.5, 0.6) is 0 Å². The van der Waals surface area contributed by atoms with Gasteiger partial charge in [-0.25, -0.2) is 9.97 Å². The first-order valence-corrected chi connectivity index (χ1v) is 7.92. The van der Waals surface area contributed by atoms with Gasteiger partial charge in [-0.15, -0.1) is 0 Å². The largest absolute Gasteiger partial charge is 0.340 e. The molecule has 1 N–H and O–H groups in total. The Morgan fingerprint density at radius 2 is 1.52 bits per heavy atom. The summed E-state index contributed by atoms with van der Waals surface area (Å²) in [5, 5.41) is 4.66. The van der Waals surface area contributed by atoms with Gasteiger partial charge in [0.05, 0.1) is 5.69 Å². The minimum absolute atomic E-state index is 0.689. The summed E-state index contributed by atoms with van der Waals surface area (Å²) >= 11 is 12.0. The van der Waals surface area contributed by atoms with Crippen molar-refractivity contribution in [3.05, 3.63) is 70.0 Å². The fraction of sp³-hybridized carbons (Fsp3) is 0.111. The number of nitrogens with one attached hydrogen (secondary N) is 1. The number of aromatic nitrogens is 2. The van der Waals surface area contributed by atoms with Gasteiger partial charge in [0.25, 0.3) is 0 Å². The lowest BCUT2D eigenvalue weighted by atomic mass is 10.1. The number of benzene rings is 2. The van der Waals surface area contributed by atoms with E-state index in [0.29, 0.717) is 15.9 Å². The Morgan fingerprint density at radius 3 is 2.26 bits per heavy atom. The number of nitrogens with zero attached hydrogens (tertiary/aromatic N) is 2. The summed E-state index contributed by atoms with van der Waals surface area (Å²) in [5.41, 5.74) is 3.88. The number of aryl methyl sites for hydroxylation is 2. The highest BCUT2D eigenvalue weighted by atomic mass is 35.5. The number of rotatable bonds is 3. The van der Waals surface area contributed by atoms with Gasteiger partial charge in [0, 0.05) is 27.4 Å². The molecule has 23 heavy (non-hydrogen) atoms. The average Bonchev–Trinajstić information content (AvgIpc) is 2.51. The molecule has 0 saturated heterocycles. The minimum Gasteiger partial charge on any atom is -0.340 e. The summed E-state index contributed by atoms with van der Waals surface area (Å²) in [4.78, 5) is 8.97. The summed E-state index contributed by atoms with van der Waals surface area (Å²) in [6, 6.07) is 15.2. The predicted octanol–water partition coefficient (Wildman–Crippen LogP) is 5.81. The molecule has 3 aromatic rings. The molecule has 0 spiro atoms. The van der Waals surface area contributed by atoms with E-state index < -0.39 is 0 Å². The predicted molar refractivity (Wildman–Crippen MR) is 96.7 cm³/mol. The molecular formula is C18H15Cl2N3. The SMILES string of the molecule is Cc1nc(Nc2ccc(Cl)cc2)cc(-c2cc(Cl)ccc2C)n1. The summed E-state index contributed by atoms with van der Waals surface area (Å²) in [6.45, 7) is 3.91. The molecule has 0 fully saturated rings. The Bertz CT molecular complexity index is 845. The first-order valence-electron chi connectivity index (χ1n) is 7.16. The summed E-state index contributed by atoms with van der Waals surface area (Å²) in [5.74, 6) is 1.42. The number of hydrogen-bond acceptors (Lipinski definition) is 3. The third kappa shape index (κ3) is 3.81. The molecule has 0 unspecified atom stereocenters. The first kappa shape index (κ1) is 15.8. The molecule has 2 aromatic carbocycles. The number of hydrogen-bond donors (Lipinski definition) is 1. The lowest BCUT2D eigenvalue weighted by Gasteiger charge is -2.11. The van der Waals surface area contributed by atoms with Crippen LogP contribution in [0.15, 0.2) is 48.5 Å². The van der Waals surface area contributed by atoms with Gasteiger partial charge >= 0.3 is 0 Å². The highest BCUT2D eigenvalue weighted by Gasteiger charge is 2.08. The Balaban J connectivity index is 1.99. The van der Waals surface area contributed by atoms with Crippen molar-refractivity contribution in [2.24, 2.45) is 0 Å². The van der Waals surface area contributed by atoms with Crippen molar-refractivity contribution in [2.45, 2.75) is 13.8 Å². The monoisotopic (exact) mass is 343 g/mol. The standard InChI is InChI=1S/C18H15Cl2N3/c1-11-3-4-14(20)9-16(11)17-10-18(22-12(2)21-17)23-15-7-5-13(19)6-8-15/h3-10H,1-2H3,(H,21,22,23). The highest BCUT2D eigenvalue weighted by molar-refractivity contribution is 6.31. The second-order valence-electron chi connectivity index (χ2n) is 5.28. The maximum absolute atomic E-state index is 6.12. The molecule has 3 rings (SSSR count). The van der Waals surface area contributed by atoms with E-state index in [1.807, 2.05) is 62.4 Å². The van der Waals surface area contributed by atoms with Gasteiger partial charge in [0.15, 0.2) is 0 Å². The third-order valence-corrected chi connectivity index (χ3v) is 3.92. The van der Waals surface area contributed by atoms with E-state index in [2.05, 4.69) is 15.3 Å². The zero-order chi connectivity index (χ0) is 16.4. The van der Waals surface area contributed by atoms with Gasteiger partial charge < -0.3 is 5.32 Å². The van der Waals surface area contributed by atoms with Gasteiger partial charge in [-0.3, -0.25) is 0 Å². The fourth-order valence-corrected chi connectivity index (χ4v) is 2.62. The van der Waals surface area contributed by atoms with Crippen LogP contribution in [-0.4, -0.2) is 9.97 Å². The van der Waals surface area contributed by atoms with Crippen LogP contribution in [-0.2, 0) is 0 Å². The molecular weight excluding hydrogens is 329 g/mol. The van der Waals surface area contributed by atoms with Gasteiger partial charge in [0.1, 0.15) is 11.6 Å². The average molecular weight is 344 g/mol. The van der Waals surface area contributed by atoms with Crippen LogP contribution in [0.2, 0.25) is 10.0 Å². The van der Waals surface area contributed by atoms with E-state index in [1.54, 1.807) is 0 Å². The summed E-state index contributed by atoms with van der Waals surface area (Å²) in [6.07, 6.45) is 0. The number of anilines is 2. The smallest absolute Gasteiger partial charge is 0.134 e. The van der Waals surface area contributed by atoms with E-state index >= 15 is 0 Å². The molecule has 5 heteroatoms. The second kappa shape index (κ2) is 6.57. The summed E-state index contributed by atoms with van der Waals surface area (Å²) < 4.78 is 0. The van der Waals surface area contributed by atoms with E-state index in [1.165, 1.54) is 0 Å². The molecule has 3 nitrogen and oxygen atoms in total. The van der Waals surface area contributed by atoms with E-state index in [4.69, 9.17) is 23.2 Å². The van der Waals surface area contributed by atoms with Gasteiger partial charge in [0.2, 0.25) is 0 Å². The van der Waals surface area contributed by atoms with Crippen molar-refractivity contribution in [1.29, 1.82) is 0 Å². The van der Waals surface area contributed by atoms with Crippen molar-refractivity contribution < 1.29 is 0 Å². The molecule has 0 aliphatic heterocycles. The van der Waals surface area contributed by atoms with Crippen LogP contribution < -0.4 is 5.32 Å². The molecule has 116 valence electrons. The molecule has 0 aliphatic carbocycles. The van der Waals surface area contributed by atoms with Gasteiger partial charge in [-0.05, 0) is 55.8 Å².